The van der Waals surface area contributed by atoms with E-state index >= 15 is 0 Å². The summed E-state index contributed by atoms with van der Waals surface area (Å²) in [5, 5.41) is 1.44. The van der Waals surface area contributed by atoms with Gasteiger partial charge in [0, 0.05) is 0 Å². The van der Waals surface area contributed by atoms with Crippen molar-refractivity contribution in [3.63, 3.8) is 0 Å². The van der Waals surface area contributed by atoms with Gasteiger partial charge in [0.15, 0.2) is 0 Å². The van der Waals surface area contributed by atoms with Crippen molar-refractivity contribution in [2.45, 2.75) is 19.1 Å². The Morgan fingerprint density at radius 3 is 1.18 bits per heavy atom. The second kappa shape index (κ2) is 7.86. The van der Waals surface area contributed by atoms with E-state index in [1.54, 1.807) is 0 Å². The summed E-state index contributed by atoms with van der Waals surface area (Å²) < 4.78 is 0. The zero-order valence-corrected chi connectivity index (χ0v) is 9.75. The van der Waals surface area contributed by atoms with Gasteiger partial charge in [-0.15, -0.1) is 0 Å². The summed E-state index contributed by atoms with van der Waals surface area (Å²) in [6.07, 6.45) is 0. The molecule has 0 aromatic heterocycles. The van der Waals surface area contributed by atoms with E-state index in [1.807, 2.05) is 36.4 Å². The van der Waals surface area contributed by atoms with Gasteiger partial charge in [-0.25, -0.2) is 0 Å². The first-order valence-corrected chi connectivity index (χ1v) is 5.68. The molecule has 0 saturated heterocycles. The Morgan fingerprint density at radius 1 is 0.909 bits per heavy atom. The molecule has 1 heteroatoms. The summed E-state index contributed by atoms with van der Waals surface area (Å²) in [7, 11) is 0. The third kappa shape index (κ3) is 9.75. The van der Waals surface area contributed by atoms with Crippen LogP contribution in [0.4, 0.5) is 0 Å². The van der Waals surface area contributed by atoms with Crippen molar-refractivity contribution in [2.24, 2.45) is 5.92 Å². The molecule has 1 aromatic rings. The van der Waals surface area contributed by atoms with Crippen molar-refractivity contribution in [3.8, 4) is 0 Å². The second-order valence-electron chi connectivity index (χ2n) is 2.96. The van der Waals surface area contributed by atoms with Crippen LogP contribution in [0.2, 0.25) is 5.28 Å². The molecule has 0 aliphatic heterocycles. The SMILES string of the molecule is CC(C)[CH2][AlH2].c1ccccc1. The topological polar surface area (TPSA) is 0 Å². The third-order valence-electron chi connectivity index (χ3n) is 1.48. The lowest BCUT2D eigenvalue weighted by atomic mass is 10.3. The highest BCUT2D eigenvalue weighted by atomic mass is 27.0. The van der Waals surface area contributed by atoms with Gasteiger partial charge in [0.05, 0.1) is 0 Å². The van der Waals surface area contributed by atoms with E-state index in [4.69, 9.17) is 0 Å². The fourth-order valence-electron chi connectivity index (χ4n) is 0.385. The Hall–Kier alpha value is -0.248. The third-order valence-corrected chi connectivity index (χ3v) is 3.12. The van der Waals surface area contributed by atoms with Gasteiger partial charge in [-0.1, -0.05) is 61.4 Å². The Kier molecular flexibility index (Phi) is 7.68. The van der Waals surface area contributed by atoms with Crippen LogP contribution in [-0.4, -0.2) is 16.3 Å². The van der Waals surface area contributed by atoms with Crippen LogP contribution in [0.1, 0.15) is 13.8 Å². The molecule has 1 rings (SSSR count). The summed E-state index contributed by atoms with van der Waals surface area (Å²) >= 11 is 1.37. The number of hydrogen-bond donors (Lipinski definition) is 0. The van der Waals surface area contributed by atoms with Gasteiger partial charge in [-0.05, 0) is 0 Å². The lowest BCUT2D eigenvalue weighted by Crippen LogP contribution is -1.80. The van der Waals surface area contributed by atoms with Gasteiger partial charge in [0.2, 0.25) is 16.3 Å². The maximum atomic E-state index is 2.26. The molecule has 0 amide bonds. The quantitative estimate of drug-likeness (QED) is 0.559. The van der Waals surface area contributed by atoms with Crippen LogP contribution >= 0.6 is 0 Å². The molecule has 60 valence electrons. The van der Waals surface area contributed by atoms with E-state index in [1.165, 1.54) is 21.6 Å². The minimum Gasteiger partial charge on any atom is -0.0990 e. The minimum atomic E-state index is 0.946. The monoisotopic (exact) mass is 164 g/mol. The fraction of sp³-hybridized carbons (Fsp3) is 0.400. The average molecular weight is 164 g/mol. The van der Waals surface area contributed by atoms with Crippen molar-refractivity contribution in [2.75, 3.05) is 0 Å². The van der Waals surface area contributed by atoms with Gasteiger partial charge in [-0.3, -0.25) is 0 Å². The summed E-state index contributed by atoms with van der Waals surface area (Å²) in [5.74, 6) is 0.946. The van der Waals surface area contributed by atoms with E-state index in [2.05, 4.69) is 13.8 Å². The number of hydrogen-bond acceptors (Lipinski definition) is 0. The van der Waals surface area contributed by atoms with Gasteiger partial charge in [0.25, 0.3) is 0 Å². The summed E-state index contributed by atoms with van der Waals surface area (Å²) in [6, 6.07) is 12.0. The normalized spacial score (nSPS) is 8.64. The van der Waals surface area contributed by atoms with Crippen molar-refractivity contribution < 1.29 is 0 Å². The van der Waals surface area contributed by atoms with Crippen LogP contribution in [0, 0.1) is 5.92 Å². The Labute approximate surface area is 78.1 Å². The first kappa shape index (κ1) is 10.8. The van der Waals surface area contributed by atoms with E-state index < -0.39 is 0 Å². The standard InChI is InChI=1S/C6H6.C4H9.Al.2H/c1-2-4-6-5-3-1;1-4(2)3;;;/h1-6H;4H,1H2,2-3H3;;;. The molecule has 0 fully saturated rings. The Balaban J connectivity index is 0.000000187. The van der Waals surface area contributed by atoms with E-state index in [0.29, 0.717) is 0 Å². The Bertz CT molecular complexity index is 120. The van der Waals surface area contributed by atoms with Crippen LogP contribution in [0.3, 0.4) is 0 Å². The smallest absolute Gasteiger partial charge is 0.0990 e. The maximum absolute atomic E-state index is 2.26. The van der Waals surface area contributed by atoms with Gasteiger partial charge >= 0.3 is 0 Å². The largest absolute Gasteiger partial charge is 0.212 e. The summed E-state index contributed by atoms with van der Waals surface area (Å²) in [4.78, 5) is 0. The molecule has 0 nitrogen and oxygen atoms in total. The predicted molar refractivity (Wildman–Crippen MR) is 54.6 cm³/mol. The molecule has 0 bridgehead atoms. The van der Waals surface area contributed by atoms with Gasteiger partial charge in [-0.2, -0.15) is 0 Å². The second-order valence-corrected chi connectivity index (χ2v) is 3.77. The Morgan fingerprint density at radius 2 is 1.09 bits per heavy atom. The van der Waals surface area contributed by atoms with Crippen molar-refractivity contribution in [1.82, 2.24) is 0 Å². The number of rotatable bonds is 1. The van der Waals surface area contributed by atoms with Crippen LogP contribution < -0.4 is 0 Å². The van der Waals surface area contributed by atoms with E-state index in [9.17, 15) is 0 Å². The van der Waals surface area contributed by atoms with Crippen LogP contribution in [0.25, 0.3) is 0 Å². The van der Waals surface area contributed by atoms with Crippen LogP contribution in [0.5, 0.6) is 0 Å². The summed E-state index contributed by atoms with van der Waals surface area (Å²) in [6.45, 7) is 4.51. The molecule has 0 spiro atoms. The number of benzene rings is 1. The van der Waals surface area contributed by atoms with Crippen molar-refractivity contribution in [1.29, 1.82) is 0 Å². The highest BCUT2D eigenvalue weighted by molar-refractivity contribution is 6.08. The van der Waals surface area contributed by atoms with Crippen molar-refractivity contribution in [3.05, 3.63) is 36.4 Å². The predicted octanol–water partition coefficient (Wildman–Crippen LogP) is 2.38. The zero-order chi connectivity index (χ0) is 8.53. The molecule has 0 atom stereocenters. The highest BCUT2D eigenvalue weighted by Gasteiger charge is 1.80. The van der Waals surface area contributed by atoms with Crippen molar-refractivity contribution >= 4 is 16.3 Å². The summed E-state index contributed by atoms with van der Waals surface area (Å²) in [5.41, 5.74) is 0. The van der Waals surface area contributed by atoms with E-state index in [-0.39, 0.29) is 0 Å². The molecule has 0 saturated carbocycles. The minimum absolute atomic E-state index is 0.946. The molecule has 0 N–H and O–H groups in total. The molecule has 0 unspecified atom stereocenters. The van der Waals surface area contributed by atoms with Gasteiger partial charge < -0.3 is 0 Å². The maximum Gasteiger partial charge on any atom is 0.212 e. The van der Waals surface area contributed by atoms with Gasteiger partial charge in [0.1, 0.15) is 0 Å². The highest BCUT2D eigenvalue weighted by Crippen LogP contribution is 1.92. The molecule has 0 heterocycles. The molecule has 0 aliphatic rings. The fourth-order valence-corrected chi connectivity index (χ4v) is 0.385. The first-order chi connectivity index (χ1) is 5.27. The molecule has 11 heavy (non-hydrogen) atoms. The molecule has 1 aromatic carbocycles. The van der Waals surface area contributed by atoms with E-state index in [0.717, 1.165) is 5.92 Å². The first-order valence-electron chi connectivity index (χ1n) is 4.27. The van der Waals surface area contributed by atoms with Crippen LogP contribution in [0.15, 0.2) is 36.4 Å². The molecular weight excluding hydrogens is 147 g/mol. The van der Waals surface area contributed by atoms with Crippen LogP contribution in [-0.2, 0) is 0 Å². The molecule has 0 aliphatic carbocycles. The molecular formula is C10H17Al. The molecule has 0 radical (unpaired) electrons. The lowest BCUT2D eigenvalue weighted by Gasteiger charge is -1.90. The lowest BCUT2D eigenvalue weighted by molar-refractivity contribution is 0.735. The zero-order valence-electron chi connectivity index (χ0n) is 7.75. The average Bonchev–Trinajstić information content (AvgIpc) is 2.09.